The molecule has 0 aliphatic heterocycles. The predicted octanol–water partition coefficient (Wildman–Crippen LogP) is 7.17. The van der Waals surface area contributed by atoms with Crippen LogP contribution in [0.15, 0.2) is 53.6 Å². The van der Waals surface area contributed by atoms with Crippen LogP contribution >= 0.6 is 0 Å². The molecule has 1 aliphatic carbocycles. The zero-order valence-corrected chi connectivity index (χ0v) is 20.2. The fourth-order valence-corrected chi connectivity index (χ4v) is 5.32. The molecule has 4 aromatic rings. The topological polar surface area (TPSA) is 55.0 Å². The van der Waals surface area contributed by atoms with Crippen LogP contribution in [0.25, 0.3) is 33.1 Å². The number of H-pyrrole nitrogens is 1. The van der Waals surface area contributed by atoms with Crippen molar-refractivity contribution in [2.75, 3.05) is 6.61 Å². The highest BCUT2D eigenvalue weighted by Crippen LogP contribution is 2.40. The largest absolute Gasteiger partial charge is 0.491 e. The number of aromatic amines is 1. The molecule has 0 bridgehead atoms. The number of nitrogens with one attached hydrogen (secondary N) is 1. The number of nitrogens with zero attached hydrogens (tertiary/aromatic N) is 1. The van der Waals surface area contributed by atoms with Crippen LogP contribution in [0.4, 0.5) is 0 Å². The number of rotatable bonds is 7. The average Bonchev–Trinajstić information content (AvgIpc) is 3.61. The number of aromatic nitrogens is 2. The number of unbranched alkanes of at least 4 members (excludes halogenated alkanes) is 1. The molecule has 1 unspecified atom stereocenters. The Morgan fingerprint density at radius 1 is 1.16 bits per heavy atom. The third-order valence-corrected chi connectivity index (χ3v) is 7.46. The second-order valence-electron chi connectivity index (χ2n) is 8.12. The van der Waals surface area contributed by atoms with Gasteiger partial charge >= 0.3 is 0 Å². The number of fused-ring (bicyclic) bond motifs is 3. The minimum atomic E-state index is -0.918. The molecule has 2 aromatic heterocycles. The summed E-state index contributed by atoms with van der Waals surface area (Å²) in [5.41, 5.74) is 5.15. The molecule has 1 N–H and O–H groups in total. The molecule has 5 heteroatoms. The molecule has 0 spiro atoms. The lowest BCUT2D eigenvalue weighted by atomic mass is 9.99. The number of ether oxygens (including phenoxy) is 1. The second kappa shape index (κ2) is 9.86. The van der Waals surface area contributed by atoms with Crippen molar-refractivity contribution < 1.29 is 8.95 Å². The smallest absolute Gasteiger partial charge is 0.143 e. The van der Waals surface area contributed by atoms with Gasteiger partial charge in [0.1, 0.15) is 11.4 Å². The molecule has 0 amide bonds. The molecule has 2 aromatic carbocycles. The molecule has 0 radical (unpaired) electrons. The molecule has 32 heavy (non-hydrogen) atoms. The minimum Gasteiger partial charge on any atom is -0.491 e. The van der Waals surface area contributed by atoms with Crippen molar-refractivity contribution in [1.82, 2.24) is 9.97 Å². The highest BCUT2D eigenvalue weighted by Gasteiger charge is 2.29. The third kappa shape index (κ3) is 4.44. The standard InChI is InChI=1S/C25H26N2O2S.C2H6/c1-3-4-12-29-22-11-10-20(17-6-5-7-19(14-17)30(28)18-8-9-18)23-21-13-16(2)15-26-25(21)27-24(22)23;1-2/h5-7,10-11,13-15,18H,3-4,8-9,12H2,1-2H3,(H,26,27);1-2H3. The molecule has 168 valence electrons. The lowest BCUT2D eigenvalue weighted by Crippen LogP contribution is -1.98. The van der Waals surface area contributed by atoms with E-state index < -0.39 is 10.8 Å². The van der Waals surface area contributed by atoms with E-state index in [2.05, 4.69) is 48.1 Å². The van der Waals surface area contributed by atoms with Gasteiger partial charge in [0.15, 0.2) is 0 Å². The van der Waals surface area contributed by atoms with E-state index in [0.29, 0.717) is 11.9 Å². The van der Waals surface area contributed by atoms with E-state index in [1.807, 2.05) is 38.2 Å². The summed E-state index contributed by atoms with van der Waals surface area (Å²) in [5, 5.41) is 2.54. The molecule has 0 saturated heterocycles. The Hall–Kier alpha value is -2.66. The van der Waals surface area contributed by atoms with E-state index in [4.69, 9.17) is 4.74 Å². The van der Waals surface area contributed by atoms with Crippen LogP contribution in [0.1, 0.15) is 52.0 Å². The Morgan fingerprint density at radius 2 is 1.97 bits per heavy atom. The molecule has 4 nitrogen and oxygen atoms in total. The maximum absolute atomic E-state index is 12.7. The number of pyridine rings is 1. The molecule has 5 rings (SSSR count). The number of hydrogen-bond donors (Lipinski definition) is 1. The van der Waals surface area contributed by atoms with Gasteiger partial charge in [-0.25, -0.2) is 4.98 Å². The van der Waals surface area contributed by atoms with Crippen molar-refractivity contribution in [2.45, 2.75) is 63.5 Å². The Morgan fingerprint density at radius 3 is 2.72 bits per heavy atom. The number of hydrogen-bond acceptors (Lipinski definition) is 3. The van der Waals surface area contributed by atoms with Crippen LogP contribution in [-0.2, 0) is 10.8 Å². The van der Waals surface area contributed by atoms with Gasteiger partial charge in [0.2, 0.25) is 0 Å². The van der Waals surface area contributed by atoms with Gasteiger partial charge < -0.3 is 9.72 Å². The monoisotopic (exact) mass is 448 g/mol. The van der Waals surface area contributed by atoms with Crippen molar-refractivity contribution in [3.05, 3.63) is 54.2 Å². The van der Waals surface area contributed by atoms with Gasteiger partial charge in [0.25, 0.3) is 0 Å². The molecule has 1 atom stereocenters. The summed E-state index contributed by atoms with van der Waals surface area (Å²) < 4.78 is 18.8. The highest BCUT2D eigenvalue weighted by molar-refractivity contribution is 7.86. The summed E-state index contributed by atoms with van der Waals surface area (Å²) in [6.07, 6.45) is 6.14. The molecule has 1 aliphatic rings. The van der Waals surface area contributed by atoms with Crippen molar-refractivity contribution in [3.8, 4) is 16.9 Å². The molecule has 1 saturated carbocycles. The van der Waals surface area contributed by atoms with Gasteiger partial charge in [-0.15, -0.1) is 0 Å². The summed E-state index contributed by atoms with van der Waals surface area (Å²) in [5.74, 6) is 0.857. The Bertz CT molecular complexity index is 1260. The van der Waals surface area contributed by atoms with E-state index >= 15 is 0 Å². The normalized spacial score (nSPS) is 14.2. The maximum atomic E-state index is 12.7. The van der Waals surface area contributed by atoms with Gasteiger partial charge in [0.05, 0.1) is 22.9 Å². The van der Waals surface area contributed by atoms with Crippen LogP contribution in [0, 0.1) is 6.92 Å². The SMILES string of the molecule is CC.CCCCOc1ccc(-c2cccc(S(=O)C3CC3)c2)c2c1[nH]c1ncc(C)cc12. The quantitative estimate of drug-likeness (QED) is 0.305. The van der Waals surface area contributed by atoms with Gasteiger partial charge in [0, 0.05) is 27.1 Å². The minimum absolute atomic E-state index is 0.328. The first-order valence-electron chi connectivity index (χ1n) is 11.7. The van der Waals surface area contributed by atoms with Crippen molar-refractivity contribution >= 4 is 32.7 Å². The fraction of sp³-hybridized carbons (Fsp3) is 0.370. The predicted molar refractivity (Wildman–Crippen MR) is 135 cm³/mol. The van der Waals surface area contributed by atoms with Gasteiger partial charge in [-0.1, -0.05) is 39.3 Å². The first-order chi connectivity index (χ1) is 15.7. The summed E-state index contributed by atoms with van der Waals surface area (Å²) >= 11 is 0. The Labute approximate surface area is 192 Å². The first kappa shape index (κ1) is 22.5. The van der Waals surface area contributed by atoms with Crippen LogP contribution < -0.4 is 4.74 Å². The second-order valence-corrected chi connectivity index (χ2v) is 9.85. The molecular weight excluding hydrogens is 416 g/mol. The Balaban J connectivity index is 0.00000119. The van der Waals surface area contributed by atoms with E-state index in [-0.39, 0.29) is 0 Å². The van der Waals surface area contributed by atoms with Crippen LogP contribution in [0.3, 0.4) is 0 Å². The Kier molecular flexibility index (Phi) is 6.95. The van der Waals surface area contributed by atoms with E-state index in [9.17, 15) is 4.21 Å². The van der Waals surface area contributed by atoms with E-state index in [1.54, 1.807) is 0 Å². The summed E-state index contributed by atoms with van der Waals surface area (Å²) in [7, 11) is -0.918. The van der Waals surface area contributed by atoms with Crippen molar-refractivity contribution in [3.63, 3.8) is 0 Å². The lowest BCUT2D eigenvalue weighted by Gasteiger charge is -2.11. The molecular formula is C27H32N2O2S. The summed E-state index contributed by atoms with van der Waals surface area (Å²) in [6.45, 7) is 8.92. The average molecular weight is 449 g/mol. The molecule has 2 heterocycles. The third-order valence-electron chi connectivity index (χ3n) is 5.66. The van der Waals surface area contributed by atoms with Crippen LogP contribution in [0.5, 0.6) is 5.75 Å². The maximum Gasteiger partial charge on any atom is 0.143 e. The highest BCUT2D eigenvalue weighted by atomic mass is 32.2. The van der Waals surface area contributed by atoms with E-state index in [0.717, 1.165) is 75.0 Å². The van der Waals surface area contributed by atoms with Crippen molar-refractivity contribution in [1.29, 1.82) is 0 Å². The fourth-order valence-electron chi connectivity index (χ4n) is 3.92. The lowest BCUT2D eigenvalue weighted by molar-refractivity contribution is 0.312. The van der Waals surface area contributed by atoms with E-state index in [1.165, 1.54) is 0 Å². The van der Waals surface area contributed by atoms with Crippen LogP contribution in [-0.4, -0.2) is 26.0 Å². The van der Waals surface area contributed by atoms with Gasteiger partial charge in [-0.2, -0.15) is 0 Å². The zero-order chi connectivity index (χ0) is 22.7. The van der Waals surface area contributed by atoms with Gasteiger partial charge in [-0.3, -0.25) is 4.21 Å². The molecule has 1 fully saturated rings. The summed E-state index contributed by atoms with van der Waals surface area (Å²) in [6, 6.07) is 14.5. The summed E-state index contributed by atoms with van der Waals surface area (Å²) in [4.78, 5) is 9.01. The number of benzene rings is 2. The number of aryl methyl sites for hydroxylation is 1. The van der Waals surface area contributed by atoms with Crippen LogP contribution in [0.2, 0.25) is 0 Å². The van der Waals surface area contributed by atoms with Gasteiger partial charge in [-0.05, 0) is 73.2 Å². The zero-order valence-electron chi connectivity index (χ0n) is 19.4. The van der Waals surface area contributed by atoms with Crippen molar-refractivity contribution in [2.24, 2.45) is 0 Å². The first-order valence-corrected chi connectivity index (χ1v) is 12.9.